The van der Waals surface area contributed by atoms with Gasteiger partial charge in [-0.25, -0.2) is 0 Å². The lowest BCUT2D eigenvalue weighted by molar-refractivity contribution is -0.0917. The summed E-state index contributed by atoms with van der Waals surface area (Å²) in [7, 11) is 0. The second kappa shape index (κ2) is 5.25. The highest BCUT2D eigenvalue weighted by Gasteiger charge is 2.48. The monoisotopic (exact) mass is 241 g/mol. The molecule has 0 aromatic heterocycles. The molecule has 1 saturated heterocycles. The molecule has 0 bridgehead atoms. The van der Waals surface area contributed by atoms with Gasteiger partial charge in [-0.3, -0.25) is 0 Å². The number of rotatable bonds is 2. The van der Waals surface area contributed by atoms with E-state index in [2.05, 4.69) is 6.92 Å². The van der Waals surface area contributed by atoms with Gasteiger partial charge in [0.15, 0.2) is 0 Å². The van der Waals surface area contributed by atoms with Gasteiger partial charge in [0, 0.05) is 18.8 Å². The highest BCUT2D eigenvalue weighted by Crippen LogP contribution is 2.41. The van der Waals surface area contributed by atoms with E-state index < -0.39 is 11.1 Å². The molecule has 3 nitrogen and oxygen atoms in total. The zero-order valence-corrected chi connectivity index (χ0v) is 11.1. The van der Waals surface area contributed by atoms with Gasteiger partial charge in [-0.05, 0) is 38.0 Å². The van der Waals surface area contributed by atoms with Crippen LogP contribution in [0.3, 0.4) is 0 Å². The molecule has 0 aromatic rings. The average molecular weight is 241 g/mol. The van der Waals surface area contributed by atoms with Gasteiger partial charge in [0.25, 0.3) is 0 Å². The molecule has 17 heavy (non-hydrogen) atoms. The van der Waals surface area contributed by atoms with Crippen LogP contribution >= 0.6 is 0 Å². The van der Waals surface area contributed by atoms with Crippen molar-refractivity contribution in [1.82, 2.24) is 0 Å². The largest absolute Gasteiger partial charge is 0.388 e. The summed E-state index contributed by atoms with van der Waals surface area (Å²) in [6, 6.07) is 0. The summed E-state index contributed by atoms with van der Waals surface area (Å²) in [5.74, 6) is 0.785. The van der Waals surface area contributed by atoms with Gasteiger partial charge in [-0.15, -0.1) is 0 Å². The topological polar surface area (TPSA) is 55.5 Å². The first kappa shape index (κ1) is 13.3. The van der Waals surface area contributed by atoms with E-state index in [0.29, 0.717) is 13.2 Å². The molecule has 100 valence electrons. The Kier molecular flexibility index (Phi) is 4.11. The van der Waals surface area contributed by atoms with Crippen molar-refractivity contribution in [3.8, 4) is 0 Å². The Morgan fingerprint density at radius 3 is 2.53 bits per heavy atom. The van der Waals surface area contributed by atoms with Crippen LogP contribution in [0.5, 0.6) is 0 Å². The molecule has 3 N–H and O–H groups in total. The van der Waals surface area contributed by atoms with Crippen molar-refractivity contribution in [2.75, 3.05) is 13.2 Å². The molecule has 2 rings (SSSR count). The van der Waals surface area contributed by atoms with Crippen molar-refractivity contribution in [2.24, 2.45) is 11.7 Å². The second-order valence-electron chi connectivity index (χ2n) is 6.01. The van der Waals surface area contributed by atoms with Crippen LogP contribution in [0, 0.1) is 5.92 Å². The zero-order chi connectivity index (χ0) is 12.4. The summed E-state index contributed by atoms with van der Waals surface area (Å²) in [5.41, 5.74) is 5.43. The van der Waals surface area contributed by atoms with Gasteiger partial charge < -0.3 is 15.6 Å². The maximum atomic E-state index is 11.0. The van der Waals surface area contributed by atoms with Crippen LogP contribution in [0.25, 0.3) is 0 Å². The molecular formula is C14H27NO2. The first-order valence-corrected chi connectivity index (χ1v) is 7.19. The minimum Gasteiger partial charge on any atom is -0.388 e. The Balaban J connectivity index is 2.06. The molecule has 0 spiro atoms. The minimum atomic E-state index is -0.652. The fourth-order valence-electron chi connectivity index (χ4n) is 3.50. The number of ether oxygens (including phenoxy) is 1. The molecule has 2 unspecified atom stereocenters. The standard InChI is InChI=1S/C14H27NO2/c1-2-12-4-3-6-14(16,7-5-12)13(15)8-10-17-11-9-13/h12,16H,2-11,15H2,1H3. The first-order valence-electron chi connectivity index (χ1n) is 7.19. The van der Waals surface area contributed by atoms with E-state index >= 15 is 0 Å². The lowest BCUT2D eigenvalue weighted by Crippen LogP contribution is -2.62. The quantitative estimate of drug-likeness (QED) is 0.729. The van der Waals surface area contributed by atoms with Crippen molar-refractivity contribution < 1.29 is 9.84 Å². The van der Waals surface area contributed by atoms with Gasteiger partial charge in [0.05, 0.1) is 5.60 Å². The molecule has 3 heteroatoms. The molecule has 2 fully saturated rings. The molecule has 0 radical (unpaired) electrons. The smallest absolute Gasteiger partial charge is 0.0828 e. The molecule has 1 aliphatic carbocycles. The summed E-state index contributed by atoms with van der Waals surface area (Å²) in [5, 5.41) is 11.0. The number of hydrogen-bond donors (Lipinski definition) is 2. The molecule has 1 saturated carbocycles. The zero-order valence-electron chi connectivity index (χ0n) is 11.1. The average Bonchev–Trinajstić information content (AvgIpc) is 2.53. The van der Waals surface area contributed by atoms with Crippen LogP contribution in [0.15, 0.2) is 0 Å². The third-order valence-corrected chi connectivity index (χ3v) is 5.06. The summed E-state index contributed by atoms with van der Waals surface area (Å²) < 4.78 is 5.38. The van der Waals surface area contributed by atoms with E-state index in [9.17, 15) is 5.11 Å². The predicted octanol–water partition coefficient (Wildman–Crippen LogP) is 2.22. The molecule has 0 aromatic carbocycles. The van der Waals surface area contributed by atoms with Gasteiger partial charge >= 0.3 is 0 Å². The fourth-order valence-corrected chi connectivity index (χ4v) is 3.50. The Labute approximate surface area is 105 Å². The van der Waals surface area contributed by atoms with Crippen molar-refractivity contribution in [2.45, 2.75) is 69.4 Å². The number of aliphatic hydroxyl groups is 1. The molecule has 0 amide bonds. The van der Waals surface area contributed by atoms with E-state index in [0.717, 1.165) is 44.4 Å². The van der Waals surface area contributed by atoms with Crippen molar-refractivity contribution in [3.63, 3.8) is 0 Å². The fraction of sp³-hybridized carbons (Fsp3) is 1.00. The van der Waals surface area contributed by atoms with Crippen LogP contribution in [0.2, 0.25) is 0 Å². The van der Waals surface area contributed by atoms with Gasteiger partial charge in [-0.2, -0.15) is 0 Å². The van der Waals surface area contributed by atoms with Crippen LogP contribution in [-0.2, 0) is 4.74 Å². The second-order valence-corrected chi connectivity index (χ2v) is 6.01. The Morgan fingerprint density at radius 2 is 1.88 bits per heavy atom. The third kappa shape index (κ3) is 2.67. The van der Waals surface area contributed by atoms with Crippen molar-refractivity contribution in [1.29, 1.82) is 0 Å². The normalized spacial score (nSPS) is 38.6. The van der Waals surface area contributed by atoms with Gasteiger partial charge in [0.1, 0.15) is 0 Å². The Hall–Kier alpha value is -0.120. The molecule has 1 aliphatic heterocycles. The van der Waals surface area contributed by atoms with E-state index in [-0.39, 0.29) is 0 Å². The lowest BCUT2D eigenvalue weighted by Gasteiger charge is -2.47. The Morgan fingerprint density at radius 1 is 1.18 bits per heavy atom. The van der Waals surface area contributed by atoms with Gasteiger partial charge in [0.2, 0.25) is 0 Å². The van der Waals surface area contributed by atoms with Crippen LogP contribution in [0.4, 0.5) is 0 Å². The molecule has 1 heterocycles. The SMILES string of the molecule is CCC1CCCC(O)(C2(N)CCOCC2)CC1. The predicted molar refractivity (Wildman–Crippen MR) is 68.8 cm³/mol. The highest BCUT2D eigenvalue weighted by atomic mass is 16.5. The first-order chi connectivity index (χ1) is 8.10. The molecule has 2 aliphatic rings. The maximum Gasteiger partial charge on any atom is 0.0828 e. The van der Waals surface area contributed by atoms with E-state index in [4.69, 9.17) is 10.5 Å². The summed E-state index contributed by atoms with van der Waals surface area (Å²) in [6.45, 7) is 3.66. The number of nitrogens with two attached hydrogens (primary N) is 1. The Bertz CT molecular complexity index is 251. The maximum absolute atomic E-state index is 11.0. The van der Waals surface area contributed by atoms with E-state index in [1.807, 2.05) is 0 Å². The van der Waals surface area contributed by atoms with E-state index in [1.54, 1.807) is 0 Å². The van der Waals surface area contributed by atoms with Crippen molar-refractivity contribution >= 4 is 0 Å². The number of hydrogen-bond acceptors (Lipinski definition) is 3. The van der Waals surface area contributed by atoms with Crippen LogP contribution in [-0.4, -0.2) is 29.5 Å². The lowest BCUT2D eigenvalue weighted by atomic mass is 9.71. The third-order valence-electron chi connectivity index (χ3n) is 5.06. The van der Waals surface area contributed by atoms with Gasteiger partial charge in [-0.1, -0.05) is 26.2 Å². The molecular weight excluding hydrogens is 214 g/mol. The summed E-state index contributed by atoms with van der Waals surface area (Å²) in [4.78, 5) is 0. The summed E-state index contributed by atoms with van der Waals surface area (Å²) >= 11 is 0. The highest BCUT2D eigenvalue weighted by molar-refractivity contribution is 5.05. The summed E-state index contributed by atoms with van der Waals surface area (Å²) in [6.07, 6.45) is 8.10. The van der Waals surface area contributed by atoms with E-state index in [1.165, 1.54) is 12.8 Å². The van der Waals surface area contributed by atoms with Crippen LogP contribution in [0.1, 0.15) is 58.3 Å². The van der Waals surface area contributed by atoms with Crippen LogP contribution < -0.4 is 5.73 Å². The molecule has 2 atom stereocenters. The minimum absolute atomic E-state index is 0.409. The van der Waals surface area contributed by atoms with Crippen molar-refractivity contribution in [3.05, 3.63) is 0 Å².